The Morgan fingerprint density at radius 2 is 1.89 bits per heavy atom. The number of benzene rings is 1. The molecule has 4 rings (SSSR count). The van der Waals surface area contributed by atoms with Gasteiger partial charge in [-0.15, -0.1) is 11.3 Å². The van der Waals surface area contributed by atoms with Crippen LogP contribution in [-0.2, 0) is 26.3 Å². The topological polar surface area (TPSA) is 73.4 Å². The Hall–Kier alpha value is -2.75. The lowest BCUT2D eigenvalue weighted by molar-refractivity contribution is -0.143. The van der Waals surface area contributed by atoms with Crippen LogP contribution in [0.15, 0.2) is 41.8 Å². The van der Waals surface area contributed by atoms with Crippen LogP contribution in [0.4, 0.5) is 0 Å². The van der Waals surface area contributed by atoms with Crippen LogP contribution >= 0.6 is 11.3 Å². The highest BCUT2D eigenvalue weighted by Crippen LogP contribution is 2.41. The van der Waals surface area contributed by atoms with Gasteiger partial charge in [0.25, 0.3) is 0 Å². The summed E-state index contributed by atoms with van der Waals surface area (Å²) in [6.07, 6.45) is -0.0232. The molecule has 1 aromatic carbocycles. The molecule has 0 aliphatic carbocycles. The molecule has 0 radical (unpaired) electrons. The standard InChI is InChI=1S/C26H34N4O4S/c1-27(2)9-14-30-24(32)18-26(25(30)33,20-6-4-7-21(16-20)34-3)17-23(31)29-12-10-28(11-13-29)19-22-8-5-15-35-22/h4-8,15-16H,9-14,17-19H2,1-3H3/t26-/m1/s1. The normalized spacial score (nSPS) is 21.3. The molecule has 1 aromatic heterocycles. The second kappa shape index (κ2) is 10.9. The molecule has 0 saturated carbocycles. The molecule has 0 bridgehead atoms. The molecular weight excluding hydrogens is 464 g/mol. The van der Waals surface area contributed by atoms with Gasteiger partial charge >= 0.3 is 0 Å². The maximum Gasteiger partial charge on any atom is 0.240 e. The average molecular weight is 499 g/mol. The molecule has 9 heteroatoms. The van der Waals surface area contributed by atoms with Crippen LogP contribution in [0.25, 0.3) is 0 Å². The number of ether oxygens (including phenoxy) is 1. The summed E-state index contributed by atoms with van der Waals surface area (Å²) in [4.78, 5) is 49.1. The molecule has 2 fully saturated rings. The Balaban J connectivity index is 1.52. The van der Waals surface area contributed by atoms with E-state index >= 15 is 0 Å². The molecule has 0 unspecified atom stereocenters. The van der Waals surface area contributed by atoms with Gasteiger partial charge in [0.05, 0.1) is 12.5 Å². The van der Waals surface area contributed by atoms with Crippen LogP contribution in [0, 0.1) is 0 Å². The number of likely N-dealkylation sites (N-methyl/N-ethyl adjacent to an activating group) is 1. The molecule has 2 aromatic rings. The molecule has 188 valence electrons. The third kappa shape index (κ3) is 5.58. The van der Waals surface area contributed by atoms with Crippen molar-refractivity contribution in [1.82, 2.24) is 19.6 Å². The summed E-state index contributed by atoms with van der Waals surface area (Å²) < 4.78 is 5.39. The number of rotatable bonds is 9. The molecule has 3 heterocycles. The lowest BCUT2D eigenvalue weighted by Gasteiger charge is -2.36. The number of thiophene rings is 1. The van der Waals surface area contributed by atoms with E-state index in [0.29, 0.717) is 37.5 Å². The van der Waals surface area contributed by atoms with E-state index in [2.05, 4.69) is 22.4 Å². The second-order valence-corrected chi connectivity index (χ2v) is 10.6. The van der Waals surface area contributed by atoms with Crippen LogP contribution in [0.1, 0.15) is 23.3 Å². The number of hydrogen-bond acceptors (Lipinski definition) is 7. The summed E-state index contributed by atoms with van der Waals surface area (Å²) in [5.41, 5.74) is -0.546. The fourth-order valence-corrected chi connectivity index (χ4v) is 5.61. The first-order valence-corrected chi connectivity index (χ1v) is 12.9. The predicted molar refractivity (Wildman–Crippen MR) is 135 cm³/mol. The number of nitrogens with zero attached hydrogens (tertiary/aromatic N) is 4. The van der Waals surface area contributed by atoms with Crippen molar-refractivity contribution in [3.8, 4) is 5.75 Å². The van der Waals surface area contributed by atoms with Gasteiger partial charge in [0, 0.05) is 63.5 Å². The molecule has 1 atom stereocenters. The lowest BCUT2D eigenvalue weighted by atomic mass is 9.75. The van der Waals surface area contributed by atoms with Crippen LogP contribution in [0.2, 0.25) is 0 Å². The predicted octanol–water partition coefficient (Wildman–Crippen LogP) is 2.05. The highest BCUT2D eigenvalue weighted by atomic mass is 32.1. The Morgan fingerprint density at radius 3 is 2.54 bits per heavy atom. The van der Waals surface area contributed by atoms with Crippen molar-refractivity contribution in [3.05, 3.63) is 52.2 Å². The smallest absolute Gasteiger partial charge is 0.240 e. The molecule has 8 nitrogen and oxygen atoms in total. The summed E-state index contributed by atoms with van der Waals surface area (Å²) in [6.45, 7) is 4.59. The van der Waals surface area contributed by atoms with Gasteiger partial charge in [0.1, 0.15) is 5.75 Å². The largest absolute Gasteiger partial charge is 0.497 e. The van der Waals surface area contributed by atoms with Gasteiger partial charge in [-0.25, -0.2) is 0 Å². The quantitative estimate of drug-likeness (QED) is 0.493. The zero-order valence-corrected chi connectivity index (χ0v) is 21.6. The van der Waals surface area contributed by atoms with Gasteiger partial charge in [-0.05, 0) is 43.2 Å². The summed E-state index contributed by atoms with van der Waals surface area (Å²) in [7, 11) is 5.38. The fraction of sp³-hybridized carbons (Fsp3) is 0.500. The number of likely N-dealkylation sites (tertiary alicyclic amines) is 1. The molecular formula is C26H34N4O4S. The van der Waals surface area contributed by atoms with E-state index < -0.39 is 5.41 Å². The third-order valence-electron chi connectivity index (χ3n) is 6.94. The fourth-order valence-electron chi connectivity index (χ4n) is 4.86. The number of carbonyl (C=O) groups is 3. The van der Waals surface area contributed by atoms with Crippen molar-refractivity contribution in [2.24, 2.45) is 0 Å². The molecule has 2 aliphatic heterocycles. The number of methoxy groups -OCH3 is 1. The van der Waals surface area contributed by atoms with E-state index in [4.69, 9.17) is 4.74 Å². The molecule has 2 saturated heterocycles. The maximum atomic E-state index is 13.8. The van der Waals surface area contributed by atoms with Gasteiger partial charge < -0.3 is 14.5 Å². The molecule has 0 N–H and O–H groups in total. The zero-order chi connectivity index (χ0) is 25.0. The van der Waals surface area contributed by atoms with Gasteiger partial charge in [0.15, 0.2) is 0 Å². The van der Waals surface area contributed by atoms with Gasteiger partial charge in [-0.1, -0.05) is 18.2 Å². The summed E-state index contributed by atoms with van der Waals surface area (Å²) in [5.74, 6) is -0.00164. The minimum atomic E-state index is -1.21. The van der Waals surface area contributed by atoms with Crippen molar-refractivity contribution in [1.29, 1.82) is 0 Å². The van der Waals surface area contributed by atoms with Gasteiger partial charge in [0.2, 0.25) is 17.7 Å². The number of amides is 3. The first-order chi connectivity index (χ1) is 16.8. The molecule has 3 amide bonds. The summed E-state index contributed by atoms with van der Waals surface area (Å²) in [6, 6.07) is 11.4. The van der Waals surface area contributed by atoms with Crippen LogP contribution in [-0.4, -0.2) is 97.8 Å². The van der Waals surface area contributed by atoms with Gasteiger partial charge in [-0.3, -0.25) is 24.2 Å². The highest BCUT2D eigenvalue weighted by molar-refractivity contribution is 7.09. The first kappa shape index (κ1) is 25.3. The van der Waals surface area contributed by atoms with Crippen molar-refractivity contribution in [3.63, 3.8) is 0 Å². The molecule has 2 aliphatic rings. The molecule has 35 heavy (non-hydrogen) atoms. The second-order valence-electron chi connectivity index (χ2n) is 9.56. The van der Waals surface area contributed by atoms with Crippen molar-refractivity contribution < 1.29 is 19.1 Å². The maximum absolute atomic E-state index is 13.8. The van der Waals surface area contributed by atoms with E-state index in [0.717, 1.165) is 19.6 Å². The van der Waals surface area contributed by atoms with Gasteiger partial charge in [-0.2, -0.15) is 0 Å². The average Bonchev–Trinajstić information content (AvgIpc) is 3.44. The van der Waals surface area contributed by atoms with Crippen molar-refractivity contribution in [2.75, 3.05) is 60.5 Å². The Kier molecular flexibility index (Phi) is 7.88. The number of hydrogen-bond donors (Lipinski definition) is 0. The van der Waals surface area contributed by atoms with E-state index in [9.17, 15) is 14.4 Å². The summed E-state index contributed by atoms with van der Waals surface area (Å²) in [5, 5.41) is 2.08. The van der Waals surface area contributed by atoms with E-state index in [1.54, 1.807) is 30.6 Å². The highest BCUT2D eigenvalue weighted by Gasteiger charge is 2.54. The SMILES string of the molecule is COc1cccc([C@@]2(CC(=O)N3CCN(Cc4cccs4)CC3)CC(=O)N(CCN(C)C)C2=O)c1. The van der Waals surface area contributed by atoms with Crippen LogP contribution in [0.5, 0.6) is 5.75 Å². The van der Waals surface area contributed by atoms with E-state index in [1.807, 2.05) is 36.0 Å². The minimum absolute atomic E-state index is 0.00346. The number of piperazine rings is 1. The Labute approximate surface area is 211 Å². The lowest BCUT2D eigenvalue weighted by Crippen LogP contribution is -2.50. The molecule has 0 spiro atoms. The zero-order valence-electron chi connectivity index (χ0n) is 20.7. The number of imide groups is 1. The van der Waals surface area contributed by atoms with E-state index in [1.165, 1.54) is 9.78 Å². The first-order valence-electron chi connectivity index (χ1n) is 12.0. The van der Waals surface area contributed by atoms with Crippen LogP contribution < -0.4 is 4.74 Å². The van der Waals surface area contributed by atoms with Crippen molar-refractivity contribution >= 4 is 29.1 Å². The van der Waals surface area contributed by atoms with Crippen molar-refractivity contribution in [2.45, 2.75) is 24.8 Å². The Morgan fingerprint density at radius 1 is 1.11 bits per heavy atom. The monoisotopic (exact) mass is 498 g/mol. The summed E-state index contributed by atoms with van der Waals surface area (Å²) >= 11 is 1.74. The third-order valence-corrected chi connectivity index (χ3v) is 7.80. The Bertz CT molecular complexity index is 1050. The minimum Gasteiger partial charge on any atom is -0.497 e. The van der Waals surface area contributed by atoms with E-state index in [-0.39, 0.29) is 30.6 Å². The van der Waals surface area contributed by atoms with Crippen LogP contribution in [0.3, 0.4) is 0 Å². The number of carbonyl (C=O) groups excluding carboxylic acids is 3.